The summed E-state index contributed by atoms with van der Waals surface area (Å²) in [6, 6.07) is 17.9. The van der Waals surface area contributed by atoms with E-state index in [1.807, 2.05) is 18.2 Å². The second-order valence-electron chi connectivity index (χ2n) is 3.78. The van der Waals surface area contributed by atoms with E-state index in [0.717, 1.165) is 0 Å². The van der Waals surface area contributed by atoms with Crippen LogP contribution in [0.15, 0.2) is 54.6 Å². The van der Waals surface area contributed by atoms with E-state index in [1.165, 1.54) is 10.6 Å². The van der Waals surface area contributed by atoms with E-state index in [4.69, 9.17) is 0 Å². The topological polar surface area (TPSA) is 20.2 Å². The van der Waals surface area contributed by atoms with Gasteiger partial charge in [0.25, 0.3) is 0 Å². The first-order chi connectivity index (χ1) is 7.60. The van der Waals surface area contributed by atoms with Crippen LogP contribution in [0.25, 0.3) is 0 Å². The molecule has 0 saturated carbocycles. The Bertz CT molecular complexity index is 519. The third kappa shape index (κ3) is 2.30. The second kappa shape index (κ2) is 4.59. The van der Waals surface area contributed by atoms with E-state index >= 15 is 0 Å². The molecule has 1 unspecified atom stereocenters. The molecule has 0 heterocycles. The van der Waals surface area contributed by atoms with E-state index in [9.17, 15) is 5.11 Å². The summed E-state index contributed by atoms with van der Waals surface area (Å²) in [4.78, 5) is 0. The zero-order valence-corrected chi connectivity index (χ0v) is 11.6. The van der Waals surface area contributed by atoms with Crippen LogP contribution < -0.4 is 10.6 Å². The third-order valence-electron chi connectivity index (χ3n) is 2.59. The predicted molar refractivity (Wildman–Crippen MR) is 72.4 cm³/mol. The maximum atomic E-state index is 9.30. The molecule has 1 atom stereocenters. The molecule has 0 bridgehead atoms. The first kappa shape index (κ1) is 11.7. The number of aromatic hydroxyl groups is 1. The van der Waals surface area contributed by atoms with Gasteiger partial charge in [-0.15, -0.1) is 0 Å². The van der Waals surface area contributed by atoms with Crippen LogP contribution in [0.1, 0.15) is 0 Å². The Morgan fingerprint density at radius 1 is 0.875 bits per heavy atom. The van der Waals surface area contributed by atoms with Crippen molar-refractivity contribution in [2.75, 3.05) is 6.66 Å². The van der Waals surface area contributed by atoms with Crippen molar-refractivity contribution in [3.05, 3.63) is 54.6 Å². The van der Waals surface area contributed by atoms with Crippen LogP contribution in [-0.2, 0) is 0 Å². The molecule has 0 radical (unpaired) electrons. The van der Waals surface area contributed by atoms with Gasteiger partial charge in [-0.05, 0) is 0 Å². The molecule has 1 nitrogen and oxygen atoms in total. The Kier molecular flexibility index (Phi) is 3.35. The summed E-state index contributed by atoms with van der Waals surface area (Å²) >= 11 is 3.33. The van der Waals surface area contributed by atoms with E-state index in [0.29, 0.717) is 5.75 Å². The van der Waals surface area contributed by atoms with Gasteiger partial charge in [-0.2, -0.15) is 0 Å². The SMILES string of the molecule is CP(=[Se])(c1ccccc1)c1ccc(O)cc1. The number of rotatable bonds is 2. The Morgan fingerprint density at radius 3 is 1.94 bits per heavy atom. The van der Waals surface area contributed by atoms with Crippen molar-refractivity contribution < 1.29 is 5.11 Å². The van der Waals surface area contributed by atoms with Crippen LogP contribution in [0.4, 0.5) is 0 Å². The first-order valence-electron chi connectivity index (χ1n) is 5.03. The molecule has 0 aliphatic heterocycles. The van der Waals surface area contributed by atoms with Crippen LogP contribution in [0.5, 0.6) is 5.75 Å². The molecule has 2 aromatic rings. The number of phenolic OH excluding ortho intramolecular Hbond substituents is 1. The number of hydrogen-bond donors (Lipinski definition) is 1. The predicted octanol–water partition coefficient (Wildman–Crippen LogP) is 2.07. The number of phenols is 1. The van der Waals surface area contributed by atoms with E-state index in [1.54, 1.807) is 12.1 Å². The second-order valence-corrected chi connectivity index (χ2v) is 11.3. The van der Waals surface area contributed by atoms with Gasteiger partial charge >= 0.3 is 103 Å². The molecule has 1 N–H and O–H groups in total. The quantitative estimate of drug-likeness (QED) is 0.664. The Morgan fingerprint density at radius 2 is 1.38 bits per heavy atom. The zero-order chi connectivity index (χ0) is 11.6. The molecule has 0 aliphatic rings. The fourth-order valence-electron chi connectivity index (χ4n) is 1.60. The Balaban J connectivity index is 2.47. The fourth-order valence-corrected chi connectivity index (χ4v) is 4.89. The van der Waals surface area contributed by atoms with Crippen molar-refractivity contribution in [2.24, 2.45) is 0 Å². The molecule has 82 valence electrons. The molecule has 16 heavy (non-hydrogen) atoms. The van der Waals surface area contributed by atoms with E-state index in [2.05, 4.69) is 46.0 Å². The van der Waals surface area contributed by atoms with E-state index < -0.39 is 5.51 Å². The van der Waals surface area contributed by atoms with Crippen molar-refractivity contribution in [1.82, 2.24) is 0 Å². The zero-order valence-electron chi connectivity index (χ0n) is 9.00. The number of benzene rings is 2. The molecule has 2 aromatic carbocycles. The van der Waals surface area contributed by atoms with Gasteiger partial charge in [0.05, 0.1) is 0 Å². The molecule has 0 aromatic heterocycles. The molecule has 0 spiro atoms. The molecule has 0 fully saturated rings. The monoisotopic (exact) mass is 296 g/mol. The average Bonchev–Trinajstić information content (AvgIpc) is 2.31. The van der Waals surface area contributed by atoms with Gasteiger partial charge in [0, 0.05) is 0 Å². The van der Waals surface area contributed by atoms with Gasteiger partial charge in [-0.1, -0.05) is 0 Å². The van der Waals surface area contributed by atoms with Crippen LogP contribution in [-0.4, -0.2) is 26.9 Å². The van der Waals surface area contributed by atoms with Crippen molar-refractivity contribution in [1.29, 1.82) is 0 Å². The molecule has 3 heteroatoms. The van der Waals surface area contributed by atoms with Gasteiger partial charge in [-0.25, -0.2) is 0 Å². The summed E-state index contributed by atoms with van der Waals surface area (Å²) in [5, 5.41) is 11.9. The summed E-state index contributed by atoms with van der Waals surface area (Å²) in [6.07, 6.45) is 0. The van der Waals surface area contributed by atoms with Crippen molar-refractivity contribution in [2.45, 2.75) is 0 Å². The van der Waals surface area contributed by atoms with Gasteiger partial charge < -0.3 is 0 Å². The summed E-state index contributed by atoms with van der Waals surface area (Å²) in [7, 11) is 0. The molecule has 0 saturated heterocycles. The molecular formula is C13H13OPSe. The summed E-state index contributed by atoms with van der Waals surface area (Å²) in [5.41, 5.74) is -1.40. The van der Waals surface area contributed by atoms with Gasteiger partial charge in [-0.3, -0.25) is 0 Å². The minimum atomic E-state index is -1.40. The first-order valence-corrected chi connectivity index (χ1v) is 9.48. The van der Waals surface area contributed by atoms with Gasteiger partial charge in [0.2, 0.25) is 0 Å². The van der Waals surface area contributed by atoms with Gasteiger partial charge in [0.15, 0.2) is 0 Å². The van der Waals surface area contributed by atoms with E-state index in [-0.39, 0.29) is 0 Å². The molecular weight excluding hydrogens is 282 g/mol. The molecule has 0 amide bonds. The molecule has 0 aliphatic carbocycles. The Hall–Kier alpha value is -0.811. The van der Waals surface area contributed by atoms with Crippen LogP contribution >= 0.6 is 5.51 Å². The average molecular weight is 295 g/mol. The van der Waals surface area contributed by atoms with Crippen molar-refractivity contribution >= 4 is 31.2 Å². The summed E-state index contributed by atoms with van der Waals surface area (Å²) in [6.45, 7) is 2.24. The normalized spacial score (nSPS) is 14.3. The number of hydrogen-bond acceptors (Lipinski definition) is 1. The minimum absolute atomic E-state index is 0.316. The third-order valence-corrected chi connectivity index (χ3v) is 7.81. The summed E-state index contributed by atoms with van der Waals surface area (Å²) < 4.78 is 0. The maximum absolute atomic E-state index is 9.30. The fraction of sp³-hybridized carbons (Fsp3) is 0.0769. The summed E-state index contributed by atoms with van der Waals surface area (Å²) in [5.74, 6) is 0.316. The van der Waals surface area contributed by atoms with Crippen molar-refractivity contribution in [3.8, 4) is 5.75 Å². The van der Waals surface area contributed by atoms with Crippen LogP contribution in [0.3, 0.4) is 0 Å². The standard InChI is InChI=1S/C13H13OPSe/c1-15(16,12-5-3-2-4-6-12)13-9-7-11(14)8-10-13/h2-10,14H,1H3. The van der Waals surface area contributed by atoms with Crippen LogP contribution in [0.2, 0.25) is 0 Å². The van der Waals surface area contributed by atoms with Gasteiger partial charge in [0.1, 0.15) is 0 Å². The van der Waals surface area contributed by atoms with Crippen LogP contribution in [0, 0.1) is 0 Å². The molecule has 2 rings (SSSR count). The van der Waals surface area contributed by atoms with Crippen molar-refractivity contribution in [3.63, 3.8) is 0 Å². The Labute approximate surface area is 103 Å².